The molecule has 68 heavy (non-hydrogen) atoms. The monoisotopic (exact) mass is 890 g/mol. The van der Waals surface area contributed by atoms with Crippen molar-refractivity contribution in [3.63, 3.8) is 0 Å². The van der Waals surface area contributed by atoms with Crippen LogP contribution in [0.1, 0.15) is 70.3 Å². The van der Waals surface area contributed by atoms with Crippen LogP contribution in [0.25, 0.3) is 65.4 Å². The van der Waals surface area contributed by atoms with E-state index in [1.165, 1.54) is 4.90 Å². The van der Waals surface area contributed by atoms with Gasteiger partial charge in [0.2, 0.25) is 0 Å². The van der Waals surface area contributed by atoms with Gasteiger partial charge in [-0.3, -0.25) is 38.3 Å². The van der Waals surface area contributed by atoms with Gasteiger partial charge in [-0.1, -0.05) is 54.6 Å². The Morgan fingerprint density at radius 2 is 0.941 bits per heavy atom. The number of aryl methyl sites for hydroxylation is 2. The van der Waals surface area contributed by atoms with E-state index >= 15 is 0 Å². The number of fused-ring (bicyclic) bond motifs is 9. The van der Waals surface area contributed by atoms with Gasteiger partial charge in [-0.05, 0) is 127 Å². The number of imide groups is 1. The molecule has 0 spiro atoms. The first-order valence-corrected chi connectivity index (χ1v) is 22.2. The summed E-state index contributed by atoms with van der Waals surface area (Å²) in [6, 6.07) is 42.1. The number of pyridine rings is 3. The molecule has 0 bridgehead atoms. The van der Waals surface area contributed by atoms with Gasteiger partial charge in [0.05, 0.1) is 46.5 Å². The predicted molar refractivity (Wildman–Crippen MR) is 264 cm³/mol. The highest BCUT2D eigenvalue weighted by Gasteiger charge is 2.35. The molecule has 12 nitrogen and oxygen atoms in total. The Kier molecular flexibility index (Phi) is 9.09. The van der Waals surface area contributed by atoms with Crippen LogP contribution in [-0.4, -0.2) is 47.2 Å². The largest absolute Gasteiger partial charge is 0.354 e. The number of aromatic nitrogens is 5. The molecule has 1 aliphatic carbocycles. The van der Waals surface area contributed by atoms with E-state index in [-0.39, 0.29) is 40.4 Å². The maximum Gasteiger partial charge on any atom is 0.261 e. The Balaban J connectivity index is 0.000000142. The molecule has 0 unspecified atom stereocenters. The molecule has 3 N–H and O–H groups in total. The molecule has 1 aliphatic heterocycles. The number of ketones is 1. The van der Waals surface area contributed by atoms with E-state index in [0.717, 1.165) is 44.6 Å². The van der Waals surface area contributed by atoms with Crippen molar-refractivity contribution in [1.29, 1.82) is 0 Å². The topological polar surface area (TPSA) is 171 Å². The van der Waals surface area contributed by atoms with Crippen molar-refractivity contribution in [1.82, 2.24) is 29.6 Å². The minimum atomic E-state index is -0.326. The molecule has 0 saturated heterocycles. The first-order chi connectivity index (χ1) is 33.0. The minimum Gasteiger partial charge on any atom is -0.354 e. The van der Waals surface area contributed by atoms with Crippen LogP contribution in [0.15, 0.2) is 154 Å². The van der Waals surface area contributed by atoms with Crippen molar-refractivity contribution >= 4 is 83.0 Å². The lowest BCUT2D eigenvalue weighted by Gasteiger charge is -2.21. The summed E-state index contributed by atoms with van der Waals surface area (Å²) in [4.78, 5) is 89.8. The summed E-state index contributed by atoms with van der Waals surface area (Å²) in [5, 5.41) is 8.08. The summed E-state index contributed by atoms with van der Waals surface area (Å²) in [5.74, 6) is -0.786. The Hall–Kier alpha value is -9.03. The molecular weight excluding hydrogens is 853 g/mol. The van der Waals surface area contributed by atoms with Crippen molar-refractivity contribution in [2.75, 3.05) is 0 Å². The van der Waals surface area contributed by atoms with Crippen LogP contribution in [0.2, 0.25) is 0 Å². The number of rotatable bonds is 4. The van der Waals surface area contributed by atoms with Crippen molar-refractivity contribution in [3.8, 4) is 0 Å². The molecule has 0 radical (unpaired) electrons. The van der Waals surface area contributed by atoms with Crippen molar-refractivity contribution in [2.24, 2.45) is 0 Å². The van der Waals surface area contributed by atoms with Gasteiger partial charge in [0.15, 0.2) is 22.1 Å². The molecule has 0 atom stereocenters. The van der Waals surface area contributed by atoms with Gasteiger partial charge in [0.1, 0.15) is 0 Å². The number of carbonyl (C=O) groups excluding carboxylic acids is 3. The number of carbonyl (C=O) groups is 3. The number of nitrogens with one attached hydrogen (secondary N) is 3. The van der Waals surface area contributed by atoms with Gasteiger partial charge in [0, 0.05) is 65.7 Å². The van der Waals surface area contributed by atoms with Crippen LogP contribution in [-0.2, 0) is 19.5 Å². The van der Waals surface area contributed by atoms with E-state index in [1.54, 1.807) is 54.6 Å². The number of hydrogen-bond donors (Lipinski definition) is 3. The molecule has 7 aromatic carbocycles. The highest BCUT2D eigenvalue weighted by Crippen LogP contribution is 2.32. The maximum atomic E-state index is 13.6. The van der Waals surface area contributed by atoms with Gasteiger partial charge in [-0.2, -0.15) is 5.10 Å². The second-order valence-corrected chi connectivity index (χ2v) is 17.7. The first kappa shape index (κ1) is 40.5. The SMILES string of the molecule is Cc1cc(C)n(Cc2ccc3[nH]c4cc5c(=O)c6ccccc6[nH]c5cc4c(=O)c3c2)n1.O=C1c2cc(CN3C(=O)c4ccccc4C3=O)ccc2Cc2cc3c(=O)c4ccccc4[nH]c3cc21. The van der Waals surface area contributed by atoms with E-state index in [9.17, 15) is 28.8 Å². The lowest BCUT2D eigenvalue weighted by molar-refractivity contribution is 0.0642. The number of benzene rings is 7. The Morgan fingerprint density at radius 1 is 0.441 bits per heavy atom. The lowest BCUT2D eigenvalue weighted by Crippen LogP contribution is -2.29. The second kappa shape index (κ2) is 15.3. The number of H-pyrrole nitrogens is 3. The van der Waals surface area contributed by atoms with Crippen LogP contribution >= 0.6 is 0 Å². The quantitative estimate of drug-likeness (QED) is 0.117. The lowest BCUT2D eigenvalue weighted by atomic mass is 9.83. The van der Waals surface area contributed by atoms with Crippen LogP contribution in [0.3, 0.4) is 0 Å². The highest BCUT2D eigenvalue weighted by atomic mass is 16.2. The Labute approximate surface area is 385 Å². The number of para-hydroxylation sites is 2. The fourth-order valence-corrected chi connectivity index (χ4v) is 9.92. The summed E-state index contributed by atoms with van der Waals surface area (Å²) in [6.45, 7) is 4.69. The van der Waals surface area contributed by atoms with Crippen LogP contribution < -0.4 is 16.3 Å². The van der Waals surface area contributed by atoms with Gasteiger partial charge in [0.25, 0.3) is 11.8 Å². The van der Waals surface area contributed by atoms with Crippen LogP contribution in [0.5, 0.6) is 0 Å². The average molecular weight is 891 g/mol. The zero-order valence-corrected chi connectivity index (χ0v) is 36.7. The van der Waals surface area contributed by atoms with Gasteiger partial charge < -0.3 is 15.0 Å². The smallest absolute Gasteiger partial charge is 0.261 e. The maximum absolute atomic E-state index is 13.6. The van der Waals surface area contributed by atoms with E-state index in [0.29, 0.717) is 89.7 Å². The molecule has 2 aliphatic rings. The van der Waals surface area contributed by atoms with Crippen molar-refractivity contribution in [2.45, 2.75) is 33.4 Å². The summed E-state index contributed by atoms with van der Waals surface area (Å²) in [5.41, 5.74) is 11.4. The van der Waals surface area contributed by atoms with Gasteiger partial charge in [-0.15, -0.1) is 0 Å². The fraction of sp³-hybridized carbons (Fsp3) is 0.0893. The van der Waals surface area contributed by atoms with Crippen molar-refractivity contribution < 1.29 is 14.4 Å². The third kappa shape index (κ3) is 6.48. The molecule has 0 fully saturated rings. The molecule has 2 amide bonds. The average Bonchev–Trinajstić information content (AvgIpc) is 3.79. The summed E-state index contributed by atoms with van der Waals surface area (Å²) in [6.07, 6.45) is 0.520. The molecule has 4 aromatic heterocycles. The van der Waals surface area contributed by atoms with E-state index < -0.39 is 0 Å². The fourth-order valence-electron chi connectivity index (χ4n) is 9.92. The first-order valence-electron chi connectivity index (χ1n) is 22.2. The van der Waals surface area contributed by atoms with Gasteiger partial charge in [-0.25, -0.2) is 0 Å². The number of amides is 2. The standard InChI is InChI=1S/C30H18N2O4.C26H20N4O2/c33-27-21-7-3-4-8-25(21)31-26-14-23-18(13-24(26)27)12-17-10-9-16(11-22(17)28(23)34)15-32-29(35)19-5-1-2-6-20(19)30(32)36;1-14-9-15(2)30(29-14)13-16-7-8-22-18(10-16)26(32)20-12-23-19(11-24(20)28-22)25(31)17-5-3-4-6-21(17)27-23/h1-11,13-14H,12,15H2,(H,31,33);3-12H,13H2,1-2H3,(H,27,31)(H,28,32). The molecule has 11 aromatic rings. The molecule has 5 heterocycles. The summed E-state index contributed by atoms with van der Waals surface area (Å²) < 4.78 is 1.94. The zero-order chi connectivity index (χ0) is 46.5. The molecule has 328 valence electrons. The number of nitrogens with zero attached hydrogens (tertiary/aromatic N) is 3. The Bertz CT molecular complexity index is 4220. The minimum absolute atomic E-state index is 0.0440. The van der Waals surface area contributed by atoms with Crippen LogP contribution in [0.4, 0.5) is 0 Å². The van der Waals surface area contributed by atoms with Gasteiger partial charge >= 0.3 is 0 Å². The van der Waals surface area contributed by atoms with E-state index in [1.807, 2.05) is 103 Å². The van der Waals surface area contributed by atoms with E-state index in [2.05, 4.69) is 20.1 Å². The highest BCUT2D eigenvalue weighted by molar-refractivity contribution is 6.21. The molecule has 13 rings (SSSR count). The Morgan fingerprint density at radius 3 is 1.56 bits per heavy atom. The second-order valence-electron chi connectivity index (χ2n) is 17.7. The molecule has 12 heteroatoms. The summed E-state index contributed by atoms with van der Waals surface area (Å²) >= 11 is 0. The third-order valence-corrected chi connectivity index (χ3v) is 13.3. The molecule has 0 saturated carbocycles. The van der Waals surface area contributed by atoms with Crippen LogP contribution in [0, 0.1) is 13.8 Å². The number of hydrogen-bond acceptors (Lipinski definition) is 7. The van der Waals surface area contributed by atoms with E-state index in [4.69, 9.17) is 0 Å². The zero-order valence-electron chi connectivity index (χ0n) is 36.7. The van der Waals surface area contributed by atoms with Crippen molar-refractivity contribution in [3.05, 3.63) is 226 Å². The number of aromatic amines is 3. The molecular formula is C56H38N6O6. The predicted octanol–water partition coefficient (Wildman–Crippen LogP) is 9.15. The summed E-state index contributed by atoms with van der Waals surface area (Å²) in [7, 11) is 0. The normalized spacial score (nSPS) is 13.1. The third-order valence-electron chi connectivity index (χ3n) is 13.3.